The molecule has 1 heterocycles. The Balaban J connectivity index is 1.84. The van der Waals surface area contributed by atoms with Gasteiger partial charge >= 0.3 is 0 Å². The van der Waals surface area contributed by atoms with Gasteiger partial charge in [-0.3, -0.25) is 0 Å². The van der Waals surface area contributed by atoms with Crippen LogP contribution in [0.4, 0.5) is 0 Å². The molecule has 1 aromatic rings. The summed E-state index contributed by atoms with van der Waals surface area (Å²) in [7, 11) is 0. The Kier molecular flexibility index (Phi) is 6.64. The molecule has 1 aromatic carbocycles. The topological polar surface area (TPSA) is 47.9 Å². The minimum atomic E-state index is -0.611. The van der Waals surface area contributed by atoms with Crippen molar-refractivity contribution in [1.82, 2.24) is 0 Å². The van der Waals surface area contributed by atoms with Gasteiger partial charge in [0.15, 0.2) is 6.29 Å². The molecule has 0 radical (unpaired) electrons. The summed E-state index contributed by atoms with van der Waals surface area (Å²) in [5.41, 5.74) is 1.10. The fourth-order valence-electron chi connectivity index (χ4n) is 2.42. The highest BCUT2D eigenvalue weighted by Gasteiger charge is 2.36. The van der Waals surface area contributed by atoms with E-state index in [4.69, 9.17) is 14.2 Å². The minimum absolute atomic E-state index is 0.249. The van der Waals surface area contributed by atoms with E-state index in [0.717, 1.165) is 18.4 Å². The van der Waals surface area contributed by atoms with Gasteiger partial charge in [-0.2, -0.15) is 0 Å². The van der Waals surface area contributed by atoms with Gasteiger partial charge in [-0.05, 0) is 18.9 Å². The van der Waals surface area contributed by atoms with E-state index >= 15 is 0 Å². The van der Waals surface area contributed by atoms with Crippen LogP contribution in [-0.4, -0.2) is 36.3 Å². The van der Waals surface area contributed by atoms with E-state index in [9.17, 15) is 5.11 Å². The molecular weight excluding hydrogens is 268 g/mol. The number of aliphatic hydroxyl groups is 1. The van der Waals surface area contributed by atoms with Crippen molar-refractivity contribution in [1.29, 1.82) is 0 Å². The van der Waals surface area contributed by atoms with Gasteiger partial charge in [-0.25, -0.2) is 0 Å². The Labute approximate surface area is 127 Å². The van der Waals surface area contributed by atoms with Gasteiger partial charge in [-0.1, -0.05) is 43.7 Å². The summed E-state index contributed by atoms with van der Waals surface area (Å²) >= 11 is 0. The quantitative estimate of drug-likeness (QED) is 0.786. The molecule has 0 spiro atoms. The van der Waals surface area contributed by atoms with Crippen LogP contribution in [0.25, 0.3) is 0 Å². The zero-order chi connectivity index (χ0) is 15.1. The molecule has 1 aliphatic heterocycles. The summed E-state index contributed by atoms with van der Waals surface area (Å²) in [6, 6.07) is 9.98. The Morgan fingerprint density at radius 3 is 2.71 bits per heavy atom. The molecule has 1 N–H and O–H groups in total. The molecule has 0 saturated carbocycles. The van der Waals surface area contributed by atoms with Gasteiger partial charge in [0.05, 0.1) is 18.8 Å². The minimum Gasteiger partial charge on any atom is -0.388 e. The van der Waals surface area contributed by atoms with Crippen LogP contribution in [0.1, 0.15) is 38.7 Å². The fraction of sp³-hybridized carbons (Fsp3) is 0.647. The first-order chi connectivity index (χ1) is 10.2. The van der Waals surface area contributed by atoms with Gasteiger partial charge in [0.25, 0.3) is 0 Å². The molecule has 4 nitrogen and oxygen atoms in total. The average Bonchev–Trinajstić information content (AvgIpc) is 2.50. The molecule has 4 heteroatoms. The normalized spacial score (nSPS) is 29.5. The van der Waals surface area contributed by atoms with Crippen molar-refractivity contribution in [2.24, 2.45) is 0 Å². The number of benzene rings is 1. The Morgan fingerprint density at radius 1 is 1.24 bits per heavy atom. The lowest BCUT2D eigenvalue weighted by molar-refractivity contribution is -0.255. The predicted molar refractivity (Wildman–Crippen MR) is 80.8 cm³/mol. The maximum atomic E-state index is 10.2. The van der Waals surface area contributed by atoms with Crippen molar-refractivity contribution in [2.75, 3.05) is 6.61 Å². The van der Waals surface area contributed by atoms with Crippen molar-refractivity contribution in [3.63, 3.8) is 0 Å². The SMILES string of the molecule is CCCCO[C@@H]1C[C@H](OCc2ccccc2)[C@H](O)[C@H](C)O1. The van der Waals surface area contributed by atoms with E-state index in [-0.39, 0.29) is 18.5 Å². The van der Waals surface area contributed by atoms with E-state index in [0.29, 0.717) is 19.6 Å². The molecule has 1 fully saturated rings. The molecule has 4 atom stereocenters. The average molecular weight is 294 g/mol. The predicted octanol–water partition coefficient (Wildman–Crippen LogP) is 2.88. The summed E-state index contributed by atoms with van der Waals surface area (Å²) in [5, 5.41) is 10.2. The van der Waals surface area contributed by atoms with Crippen LogP contribution in [0.5, 0.6) is 0 Å². The first kappa shape index (κ1) is 16.4. The van der Waals surface area contributed by atoms with Crippen LogP contribution in [0.3, 0.4) is 0 Å². The zero-order valence-corrected chi connectivity index (χ0v) is 12.9. The number of unbranched alkanes of at least 4 members (excludes halogenated alkanes) is 1. The number of rotatable bonds is 7. The molecular formula is C17H26O4. The van der Waals surface area contributed by atoms with Gasteiger partial charge in [0.1, 0.15) is 6.10 Å². The molecule has 0 aliphatic carbocycles. The molecule has 0 bridgehead atoms. The maximum absolute atomic E-state index is 10.2. The highest BCUT2D eigenvalue weighted by atomic mass is 16.7. The van der Waals surface area contributed by atoms with Crippen LogP contribution >= 0.6 is 0 Å². The molecule has 21 heavy (non-hydrogen) atoms. The van der Waals surface area contributed by atoms with Crippen LogP contribution in [0.2, 0.25) is 0 Å². The van der Waals surface area contributed by atoms with Gasteiger partial charge in [0, 0.05) is 13.0 Å². The number of ether oxygens (including phenoxy) is 3. The second kappa shape index (κ2) is 8.49. The summed E-state index contributed by atoms with van der Waals surface area (Å²) < 4.78 is 17.3. The molecule has 0 amide bonds. The largest absolute Gasteiger partial charge is 0.388 e. The van der Waals surface area contributed by atoms with Gasteiger partial charge < -0.3 is 19.3 Å². The zero-order valence-electron chi connectivity index (χ0n) is 12.9. The lowest BCUT2D eigenvalue weighted by Gasteiger charge is -2.37. The van der Waals surface area contributed by atoms with Crippen molar-refractivity contribution in [3.05, 3.63) is 35.9 Å². The molecule has 118 valence electrons. The third-order valence-corrected chi connectivity index (χ3v) is 3.76. The van der Waals surface area contributed by atoms with Crippen molar-refractivity contribution >= 4 is 0 Å². The van der Waals surface area contributed by atoms with Crippen molar-refractivity contribution in [3.8, 4) is 0 Å². The molecule has 0 unspecified atom stereocenters. The molecule has 2 rings (SSSR count). The monoisotopic (exact) mass is 294 g/mol. The number of aliphatic hydroxyl groups excluding tert-OH is 1. The highest BCUT2D eigenvalue weighted by molar-refractivity contribution is 5.13. The molecule has 1 saturated heterocycles. The van der Waals surface area contributed by atoms with E-state index < -0.39 is 6.10 Å². The second-order valence-electron chi connectivity index (χ2n) is 5.56. The fourth-order valence-corrected chi connectivity index (χ4v) is 2.42. The third-order valence-electron chi connectivity index (χ3n) is 3.76. The van der Waals surface area contributed by atoms with E-state index in [1.807, 2.05) is 37.3 Å². The van der Waals surface area contributed by atoms with Gasteiger partial charge in [-0.15, -0.1) is 0 Å². The lowest BCUT2D eigenvalue weighted by atomic mass is 10.0. The summed E-state index contributed by atoms with van der Waals surface area (Å²) in [6.07, 6.45) is 1.27. The summed E-state index contributed by atoms with van der Waals surface area (Å²) in [5.74, 6) is 0. The van der Waals surface area contributed by atoms with Crippen LogP contribution in [0.15, 0.2) is 30.3 Å². The standard InChI is InChI=1S/C17H26O4/c1-3-4-10-19-16-11-15(17(18)13(2)21-16)20-12-14-8-6-5-7-9-14/h5-9,13,15-18H,3-4,10-12H2,1-2H3/t13-,15-,16-,17+/m0/s1. The first-order valence-electron chi connectivity index (χ1n) is 7.81. The Bertz CT molecular complexity index is 395. The van der Waals surface area contributed by atoms with E-state index in [1.54, 1.807) is 0 Å². The molecule has 1 aliphatic rings. The highest BCUT2D eigenvalue weighted by Crippen LogP contribution is 2.24. The van der Waals surface area contributed by atoms with Crippen LogP contribution in [0, 0.1) is 0 Å². The lowest BCUT2D eigenvalue weighted by Crippen LogP contribution is -2.48. The molecule has 0 aromatic heterocycles. The number of hydrogen-bond acceptors (Lipinski definition) is 4. The van der Waals surface area contributed by atoms with Gasteiger partial charge in [0.2, 0.25) is 0 Å². The van der Waals surface area contributed by atoms with Crippen molar-refractivity contribution < 1.29 is 19.3 Å². The summed E-state index contributed by atoms with van der Waals surface area (Å²) in [4.78, 5) is 0. The van der Waals surface area contributed by atoms with E-state index in [1.165, 1.54) is 0 Å². The third kappa shape index (κ3) is 5.08. The van der Waals surface area contributed by atoms with Crippen LogP contribution < -0.4 is 0 Å². The maximum Gasteiger partial charge on any atom is 0.160 e. The van der Waals surface area contributed by atoms with E-state index in [2.05, 4.69) is 6.92 Å². The van der Waals surface area contributed by atoms with Crippen molar-refractivity contribution in [2.45, 2.75) is 64.3 Å². The smallest absolute Gasteiger partial charge is 0.160 e. The second-order valence-corrected chi connectivity index (χ2v) is 5.56. The Morgan fingerprint density at radius 2 is 2.00 bits per heavy atom. The first-order valence-corrected chi connectivity index (χ1v) is 7.81. The number of hydrogen-bond donors (Lipinski definition) is 1. The Hall–Kier alpha value is -0.940. The summed E-state index contributed by atoms with van der Waals surface area (Å²) in [6.45, 7) is 5.18. The van der Waals surface area contributed by atoms with Crippen LogP contribution in [-0.2, 0) is 20.8 Å².